The molecule has 1 aliphatic heterocycles. The van der Waals surface area contributed by atoms with Gasteiger partial charge in [0, 0.05) is 24.8 Å². The summed E-state index contributed by atoms with van der Waals surface area (Å²) < 4.78 is 13.3. The highest BCUT2D eigenvalue weighted by Crippen LogP contribution is 2.38. The number of carboxylic acid groups (broad SMARTS) is 1. The monoisotopic (exact) mass is 564 g/mol. The van der Waals surface area contributed by atoms with Crippen LogP contribution in [0.25, 0.3) is 33.5 Å². The second-order valence-electron chi connectivity index (χ2n) is 10.8. The van der Waals surface area contributed by atoms with Gasteiger partial charge in [0.15, 0.2) is 0 Å². The van der Waals surface area contributed by atoms with Crippen LogP contribution in [0.2, 0.25) is 0 Å². The standard InChI is InChI=1S/C33H29FN4O4/c34-24-10-6-22(7-11-24)19-33(32(41)42)13-16-38(17-14-33)29(39)18-21-4-8-23(9-5-21)25-2-1-3-26(30(25)40)31-36-27-12-15-35-20-28(27)37-31/h1-12,15,20,40H,13-14,16-19H2,(H,36,37)(H,41,42). The topological polar surface area (TPSA) is 119 Å². The van der Waals surface area contributed by atoms with Crippen molar-refractivity contribution in [2.75, 3.05) is 13.1 Å². The smallest absolute Gasteiger partial charge is 0.310 e. The van der Waals surface area contributed by atoms with Gasteiger partial charge in [0.2, 0.25) is 5.91 Å². The Morgan fingerprint density at radius 1 is 0.929 bits per heavy atom. The number of fused-ring (bicyclic) bond motifs is 1. The molecule has 0 saturated carbocycles. The van der Waals surface area contributed by atoms with E-state index in [1.54, 1.807) is 35.5 Å². The Bertz CT molecular complexity index is 1720. The summed E-state index contributed by atoms with van der Waals surface area (Å²) in [4.78, 5) is 38.9. The van der Waals surface area contributed by atoms with Crippen LogP contribution in [0.4, 0.5) is 4.39 Å². The van der Waals surface area contributed by atoms with Crippen molar-refractivity contribution in [2.45, 2.75) is 25.7 Å². The number of imidazole rings is 1. The predicted molar refractivity (Wildman–Crippen MR) is 156 cm³/mol. The van der Waals surface area contributed by atoms with Gasteiger partial charge in [-0.25, -0.2) is 9.37 Å². The van der Waals surface area contributed by atoms with E-state index in [-0.39, 0.29) is 23.9 Å². The lowest BCUT2D eigenvalue weighted by Gasteiger charge is -2.39. The number of aromatic hydroxyl groups is 1. The fraction of sp³-hybridized carbons (Fsp3) is 0.212. The highest BCUT2D eigenvalue weighted by molar-refractivity contribution is 5.85. The first-order valence-electron chi connectivity index (χ1n) is 13.8. The number of piperidine rings is 1. The van der Waals surface area contributed by atoms with Gasteiger partial charge in [-0.05, 0) is 60.2 Å². The van der Waals surface area contributed by atoms with Crippen LogP contribution in [0.1, 0.15) is 24.0 Å². The number of aromatic amines is 1. The van der Waals surface area contributed by atoms with Crippen LogP contribution >= 0.6 is 0 Å². The lowest BCUT2D eigenvalue weighted by atomic mass is 9.73. The number of hydrogen-bond acceptors (Lipinski definition) is 5. The maximum absolute atomic E-state index is 13.3. The number of aliphatic carboxylic acids is 1. The van der Waals surface area contributed by atoms with Gasteiger partial charge >= 0.3 is 5.97 Å². The van der Waals surface area contributed by atoms with E-state index in [4.69, 9.17) is 0 Å². The number of rotatable bonds is 7. The number of amides is 1. The van der Waals surface area contributed by atoms with Gasteiger partial charge in [-0.15, -0.1) is 0 Å². The number of carbonyl (C=O) groups is 2. The summed E-state index contributed by atoms with van der Waals surface area (Å²) in [6.45, 7) is 0.700. The summed E-state index contributed by atoms with van der Waals surface area (Å²) in [6, 6.07) is 20.7. The van der Waals surface area contributed by atoms with E-state index in [0.717, 1.165) is 22.2 Å². The van der Waals surface area contributed by atoms with Crippen LogP contribution in [-0.2, 0) is 22.4 Å². The number of H-pyrrole nitrogens is 1. The molecule has 0 unspecified atom stereocenters. The van der Waals surface area contributed by atoms with E-state index < -0.39 is 11.4 Å². The van der Waals surface area contributed by atoms with Crippen molar-refractivity contribution in [3.05, 3.63) is 102 Å². The number of halogens is 1. The zero-order valence-electron chi connectivity index (χ0n) is 22.8. The Morgan fingerprint density at radius 3 is 2.31 bits per heavy atom. The molecule has 1 fully saturated rings. The van der Waals surface area contributed by atoms with E-state index in [0.29, 0.717) is 54.8 Å². The Labute approximate surface area is 241 Å². The van der Waals surface area contributed by atoms with Gasteiger partial charge in [-0.3, -0.25) is 14.6 Å². The highest BCUT2D eigenvalue weighted by Gasteiger charge is 2.42. The molecule has 3 heterocycles. The quantitative estimate of drug-likeness (QED) is 0.236. The van der Waals surface area contributed by atoms with Crippen LogP contribution in [0.15, 0.2) is 85.2 Å². The minimum Gasteiger partial charge on any atom is -0.507 e. The van der Waals surface area contributed by atoms with Crippen LogP contribution < -0.4 is 0 Å². The molecule has 0 radical (unpaired) electrons. The third kappa shape index (κ3) is 5.33. The van der Waals surface area contributed by atoms with Crippen LogP contribution in [0.5, 0.6) is 5.75 Å². The number of carbonyl (C=O) groups excluding carboxylic acids is 1. The average Bonchev–Trinajstić information content (AvgIpc) is 3.43. The molecule has 3 aromatic carbocycles. The summed E-state index contributed by atoms with van der Waals surface area (Å²) >= 11 is 0. The van der Waals surface area contributed by atoms with E-state index >= 15 is 0 Å². The number of carboxylic acids is 1. The van der Waals surface area contributed by atoms with E-state index in [1.165, 1.54) is 12.1 Å². The lowest BCUT2D eigenvalue weighted by Crippen LogP contribution is -2.48. The first-order valence-corrected chi connectivity index (χ1v) is 13.8. The third-order valence-electron chi connectivity index (χ3n) is 8.18. The first-order chi connectivity index (χ1) is 20.3. The molecule has 5 aromatic rings. The summed E-state index contributed by atoms with van der Waals surface area (Å²) in [5.41, 5.74) is 4.17. The minimum atomic E-state index is -0.980. The van der Waals surface area contributed by atoms with Crippen molar-refractivity contribution in [1.29, 1.82) is 0 Å². The number of para-hydroxylation sites is 1. The first kappa shape index (κ1) is 27.1. The fourth-order valence-electron chi connectivity index (χ4n) is 5.68. The zero-order chi connectivity index (χ0) is 29.3. The molecule has 1 aliphatic rings. The third-order valence-corrected chi connectivity index (χ3v) is 8.18. The molecule has 1 amide bonds. The number of nitrogens with zero attached hydrogens (tertiary/aromatic N) is 3. The second kappa shape index (κ2) is 11.1. The molecule has 2 aromatic heterocycles. The molecular weight excluding hydrogens is 535 g/mol. The van der Waals surface area contributed by atoms with Gasteiger partial charge in [0.1, 0.15) is 22.9 Å². The van der Waals surface area contributed by atoms with Gasteiger partial charge in [-0.2, -0.15) is 0 Å². The van der Waals surface area contributed by atoms with Crippen molar-refractivity contribution in [3.63, 3.8) is 0 Å². The molecule has 212 valence electrons. The maximum Gasteiger partial charge on any atom is 0.310 e. The van der Waals surface area contributed by atoms with Crippen molar-refractivity contribution in [2.24, 2.45) is 5.41 Å². The fourth-order valence-corrected chi connectivity index (χ4v) is 5.68. The molecule has 1 saturated heterocycles. The molecule has 0 spiro atoms. The summed E-state index contributed by atoms with van der Waals surface area (Å²) in [5, 5.41) is 21.1. The Hall–Kier alpha value is -5.05. The van der Waals surface area contributed by atoms with Crippen LogP contribution in [0, 0.1) is 11.2 Å². The molecule has 3 N–H and O–H groups in total. The van der Waals surface area contributed by atoms with Gasteiger partial charge in [0.05, 0.1) is 29.1 Å². The van der Waals surface area contributed by atoms with Crippen molar-refractivity contribution >= 4 is 22.9 Å². The molecule has 0 aliphatic carbocycles. The average molecular weight is 565 g/mol. The van der Waals surface area contributed by atoms with Gasteiger partial charge < -0.3 is 20.1 Å². The Kier molecular flexibility index (Phi) is 7.16. The van der Waals surface area contributed by atoms with E-state index in [2.05, 4.69) is 15.0 Å². The van der Waals surface area contributed by atoms with Crippen molar-refractivity contribution in [3.8, 4) is 28.3 Å². The molecule has 8 nitrogen and oxygen atoms in total. The number of nitrogens with one attached hydrogen (secondary N) is 1. The number of aromatic nitrogens is 3. The number of phenols is 1. The van der Waals surface area contributed by atoms with Gasteiger partial charge in [-0.1, -0.05) is 48.5 Å². The molecule has 6 rings (SSSR count). The Morgan fingerprint density at radius 2 is 1.62 bits per heavy atom. The number of phenolic OH excluding ortho intramolecular Hbond substituents is 1. The molecular formula is C33H29FN4O4. The second-order valence-corrected chi connectivity index (χ2v) is 10.8. The normalized spacial score (nSPS) is 14.6. The number of hydrogen-bond donors (Lipinski definition) is 3. The summed E-state index contributed by atoms with van der Waals surface area (Å²) in [7, 11) is 0. The molecule has 0 bridgehead atoms. The van der Waals surface area contributed by atoms with Gasteiger partial charge in [0.25, 0.3) is 0 Å². The lowest BCUT2D eigenvalue weighted by molar-refractivity contribution is -0.154. The highest BCUT2D eigenvalue weighted by atomic mass is 19.1. The number of benzene rings is 3. The van der Waals surface area contributed by atoms with E-state index in [9.17, 15) is 24.2 Å². The largest absolute Gasteiger partial charge is 0.507 e. The molecule has 42 heavy (non-hydrogen) atoms. The summed E-state index contributed by atoms with van der Waals surface area (Å²) in [5.74, 6) is -0.663. The molecule has 0 atom stereocenters. The minimum absolute atomic E-state index is 0.0623. The number of likely N-dealkylation sites (tertiary alicyclic amines) is 1. The van der Waals surface area contributed by atoms with Crippen LogP contribution in [-0.4, -0.2) is 55.0 Å². The van der Waals surface area contributed by atoms with Crippen molar-refractivity contribution in [1.82, 2.24) is 19.9 Å². The predicted octanol–water partition coefficient (Wildman–Crippen LogP) is 5.62. The Balaban J connectivity index is 1.12. The zero-order valence-corrected chi connectivity index (χ0v) is 22.8. The number of pyridine rings is 1. The molecule has 9 heteroatoms. The maximum atomic E-state index is 13.3. The SMILES string of the molecule is O=C(Cc1ccc(-c2cccc(-c3nc4cnccc4[nH]3)c2O)cc1)N1CCC(Cc2ccc(F)cc2)(C(=O)O)CC1. The van der Waals surface area contributed by atoms with Crippen molar-refractivity contribution < 1.29 is 24.2 Å². The van der Waals surface area contributed by atoms with E-state index in [1.807, 2.05) is 42.5 Å². The van der Waals surface area contributed by atoms with Crippen LogP contribution in [0.3, 0.4) is 0 Å². The summed E-state index contributed by atoms with van der Waals surface area (Å²) in [6.07, 6.45) is 4.50.